The third-order valence-electron chi connectivity index (χ3n) is 5.47. The zero-order valence-electron chi connectivity index (χ0n) is 15.4. The first-order valence-corrected chi connectivity index (χ1v) is 9.72. The summed E-state index contributed by atoms with van der Waals surface area (Å²) in [6.07, 6.45) is 6.59. The Bertz CT molecular complexity index is 798. The number of aromatic nitrogens is 1. The molecule has 2 heterocycles. The van der Waals surface area contributed by atoms with Crippen molar-refractivity contribution < 1.29 is 9.18 Å². The van der Waals surface area contributed by atoms with Gasteiger partial charge in [-0.05, 0) is 37.1 Å². The normalized spacial score (nSPS) is 18.0. The van der Waals surface area contributed by atoms with Crippen molar-refractivity contribution in [3.63, 3.8) is 0 Å². The lowest BCUT2D eigenvalue weighted by Gasteiger charge is -2.36. The van der Waals surface area contributed by atoms with Gasteiger partial charge in [0.25, 0.3) is 5.91 Å². The summed E-state index contributed by atoms with van der Waals surface area (Å²) in [5.74, 6) is -0.275. The molecule has 0 unspecified atom stereocenters. The van der Waals surface area contributed by atoms with E-state index in [1.807, 2.05) is 23.1 Å². The fourth-order valence-electron chi connectivity index (χ4n) is 3.96. The molecule has 1 amide bonds. The maximum Gasteiger partial charge on any atom is 0.272 e. The van der Waals surface area contributed by atoms with Gasteiger partial charge in [-0.1, -0.05) is 25.0 Å². The fraction of sp³-hybridized carbons (Fsp3) is 0.429. The molecule has 1 aromatic heterocycles. The number of pyridine rings is 1. The SMILES string of the molecule is O=C(c1cc(NC2CCCC2)ccn1)N1CCN(c2ccccc2F)CC1. The molecule has 27 heavy (non-hydrogen) atoms. The minimum Gasteiger partial charge on any atom is -0.382 e. The molecule has 0 radical (unpaired) electrons. The van der Waals surface area contributed by atoms with Crippen molar-refractivity contribution in [2.24, 2.45) is 0 Å². The Morgan fingerprint density at radius 1 is 1.07 bits per heavy atom. The second kappa shape index (κ2) is 7.94. The predicted octanol–water partition coefficient (Wildman–Crippen LogP) is 3.54. The van der Waals surface area contributed by atoms with E-state index >= 15 is 0 Å². The van der Waals surface area contributed by atoms with Gasteiger partial charge in [-0.25, -0.2) is 4.39 Å². The first-order valence-electron chi connectivity index (χ1n) is 9.72. The van der Waals surface area contributed by atoms with Gasteiger partial charge < -0.3 is 15.1 Å². The highest BCUT2D eigenvalue weighted by Crippen LogP contribution is 2.23. The summed E-state index contributed by atoms with van der Waals surface area (Å²) in [6, 6.07) is 11.1. The van der Waals surface area contributed by atoms with Crippen LogP contribution in [0.25, 0.3) is 0 Å². The van der Waals surface area contributed by atoms with E-state index in [4.69, 9.17) is 0 Å². The number of amides is 1. The molecule has 4 rings (SSSR count). The Labute approximate surface area is 159 Å². The Morgan fingerprint density at radius 2 is 1.81 bits per heavy atom. The summed E-state index contributed by atoms with van der Waals surface area (Å²) in [7, 11) is 0. The molecular formula is C21H25FN4O. The highest BCUT2D eigenvalue weighted by molar-refractivity contribution is 5.93. The average molecular weight is 368 g/mol. The van der Waals surface area contributed by atoms with E-state index in [1.54, 1.807) is 23.2 Å². The first-order chi connectivity index (χ1) is 13.2. The number of para-hydroxylation sites is 1. The van der Waals surface area contributed by atoms with E-state index in [9.17, 15) is 9.18 Å². The van der Waals surface area contributed by atoms with Gasteiger partial charge in [-0.3, -0.25) is 9.78 Å². The van der Waals surface area contributed by atoms with Crippen molar-refractivity contribution in [3.8, 4) is 0 Å². The number of benzene rings is 1. The minimum absolute atomic E-state index is 0.0572. The second-order valence-corrected chi connectivity index (χ2v) is 7.29. The summed E-state index contributed by atoms with van der Waals surface area (Å²) >= 11 is 0. The number of hydrogen-bond acceptors (Lipinski definition) is 4. The second-order valence-electron chi connectivity index (χ2n) is 7.29. The summed E-state index contributed by atoms with van der Waals surface area (Å²) in [4.78, 5) is 20.9. The zero-order valence-corrected chi connectivity index (χ0v) is 15.4. The van der Waals surface area contributed by atoms with Gasteiger partial charge in [0.1, 0.15) is 11.5 Å². The maximum atomic E-state index is 14.0. The van der Waals surface area contributed by atoms with Crippen molar-refractivity contribution in [2.75, 3.05) is 36.4 Å². The molecule has 1 aliphatic carbocycles. The quantitative estimate of drug-likeness (QED) is 0.897. The van der Waals surface area contributed by atoms with Crippen LogP contribution in [-0.2, 0) is 0 Å². The highest BCUT2D eigenvalue weighted by atomic mass is 19.1. The van der Waals surface area contributed by atoms with Crippen LogP contribution in [0.3, 0.4) is 0 Å². The van der Waals surface area contributed by atoms with Gasteiger partial charge in [-0.15, -0.1) is 0 Å². The van der Waals surface area contributed by atoms with Crippen LogP contribution in [0.15, 0.2) is 42.6 Å². The lowest BCUT2D eigenvalue weighted by molar-refractivity contribution is 0.0741. The number of carbonyl (C=O) groups is 1. The number of rotatable bonds is 4. The Balaban J connectivity index is 1.38. The van der Waals surface area contributed by atoms with Crippen LogP contribution in [-0.4, -0.2) is 48.0 Å². The molecular weight excluding hydrogens is 343 g/mol. The lowest BCUT2D eigenvalue weighted by atomic mass is 10.2. The van der Waals surface area contributed by atoms with Crippen molar-refractivity contribution in [1.29, 1.82) is 0 Å². The van der Waals surface area contributed by atoms with Gasteiger partial charge >= 0.3 is 0 Å². The molecule has 1 aliphatic heterocycles. The summed E-state index contributed by atoms with van der Waals surface area (Å²) in [5, 5.41) is 3.51. The summed E-state index contributed by atoms with van der Waals surface area (Å²) < 4.78 is 14.0. The zero-order chi connectivity index (χ0) is 18.6. The van der Waals surface area contributed by atoms with Crippen molar-refractivity contribution in [2.45, 2.75) is 31.7 Å². The predicted molar refractivity (Wildman–Crippen MR) is 105 cm³/mol. The number of piperazine rings is 1. The molecule has 0 bridgehead atoms. The fourth-order valence-corrected chi connectivity index (χ4v) is 3.96. The van der Waals surface area contributed by atoms with Crippen LogP contribution >= 0.6 is 0 Å². The van der Waals surface area contributed by atoms with E-state index in [2.05, 4.69) is 10.3 Å². The average Bonchev–Trinajstić information content (AvgIpc) is 3.21. The molecule has 1 aromatic carbocycles. The van der Waals surface area contributed by atoms with Crippen molar-refractivity contribution >= 4 is 17.3 Å². The third-order valence-corrected chi connectivity index (χ3v) is 5.47. The van der Waals surface area contributed by atoms with Gasteiger partial charge in [-0.2, -0.15) is 0 Å². The molecule has 0 atom stereocenters. The summed E-state index contributed by atoms with van der Waals surface area (Å²) in [5.41, 5.74) is 2.04. The monoisotopic (exact) mass is 368 g/mol. The molecule has 6 heteroatoms. The van der Waals surface area contributed by atoms with E-state index < -0.39 is 0 Å². The van der Waals surface area contributed by atoms with Crippen LogP contribution in [0.5, 0.6) is 0 Å². The van der Waals surface area contributed by atoms with E-state index in [1.165, 1.54) is 31.7 Å². The van der Waals surface area contributed by atoms with E-state index in [0.29, 0.717) is 43.6 Å². The number of carbonyl (C=O) groups excluding carboxylic acids is 1. The molecule has 142 valence electrons. The lowest BCUT2D eigenvalue weighted by Crippen LogP contribution is -2.49. The molecule has 1 saturated heterocycles. The van der Waals surface area contributed by atoms with Crippen molar-refractivity contribution in [1.82, 2.24) is 9.88 Å². The number of nitrogens with zero attached hydrogens (tertiary/aromatic N) is 3. The van der Waals surface area contributed by atoms with Gasteiger partial charge in [0.15, 0.2) is 0 Å². The van der Waals surface area contributed by atoms with Crippen LogP contribution in [0.2, 0.25) is 0 Å². The number of hydrogen-bond donors (Lipinski definition) is 1. The van der Waals surface area contributed by atoms with E-state index in [-0.39, 0.29) is 11.7 Å². The molecule has 0 spiro atoms. The van der Waals surface area contributed by atoms with Gasteiger partial charge in [0, 0.05) is 44.1 Å². The third kappa shape index (κ3) is 4.04. The summed E-state index contributed by atoms with van der Waals surface area (Å²) in [6.45, 7) is 2.36. The van der Waals surface area contributed by atoms with E-state index in [0.717, 1.165) is 5.69 Å². The standard InChI is InChI=1S/C21H25FN4O/c22-18-7-3-4-8-20(18)25-11-13-26(14-12-25)21(27)19-15-17(9-10-23-19)24-16-5-1-2-6-16/h3-4,7-10,15-16H,1-2,5-6,11-14H2,(H,23,24). The largest absolute Gasteiger partial charge is 0.382 e. The minimum atomic E-state index is -0.218. The topological polar surface area (TPSA) is 48.5 Å². The molecule has 2 fully saturated rings. The molecule has 2 aromatic rings. The van der Waals surface area contributed by atoms with Crippen LogP contribution in [0.1, 0.15) is 36.2 Å². The number of halogens is 1. The highest BCUT2D eigenvalue weighted by Gasteiger charge is 2.24. The molecule has 1 saturated carbocycles. The maximum absolute atomic E-state index is 14.0. The number of anilines is 2. The van der Waals surface area contributed by atoms with Crippen molar-refractivity contribution in [3.05, 3.63) is 54.1 Å². The first kappa shape index (κ1) is 17.8. The van der Waals surface area contributed by atoms with Gasteiger partial charge in [0.2, 0.25) is 0 Å². The van der Waals surface area contributed by atoms with Crippen LogP contribution in [0, 0.1) is 5.82 Å². The Hall–Kier alpha value is -2.63. The van der Waals surface area contributed by atoms with Crippen LogP contribution in [0.4, 0.5) is 15.8 Å². The smallest absolute Gasteiger partial charge is 0.272 e. The van der Waals surface area contributed by atoms with Crippen LogP contribution < -0.4 is 10.2 Å². The molecule has 2 aliphatic rings. The molecule has 5 nitrogen and oxygen atoms in total. The molecule has 1 N–H and O–H groups in total. The van der Waals surface area contributed by atoms with Gasteiger partial charge in [0.05, 0.1) is 5.69 Å². The Kier molecular flexibility index (Phi) is 5.23. The number of nitrogens with one attached hydrogen (secondary N) is 1. The Morgan fingerprint density at radius 3 is 2.56 bits per heavy atom.